The molecular formula is C25H36N2O6. The normalized spacial score (nSPS) is 13.0. The average Bonchev–Trinajstić information content (AvgIpc) is 2.76. The second-order valence-electron chi connectivity index (χ2n) is 8.49. The molecule has 8 heteroatoms. The molecule has 33 heavy (non-hydrogen) atoms. The molecule has 0 saturated heterocycles. The van der Waals surface area contributed by atoms with Crippen LogP contribution in [0.3, 0.4) is 0 Å². The molecule has 0 radical (unpaired) electrons. The number of rotatable bonds is 13. The standard InChI is InChI=1S/C25H36N2O6/c1-6-17(4)27-21(25(30)32-16(2)3)9-7-8-12-26-23(28)13-18-14-24(29)33-22-15-19(31-5)10-11-20(18)22/h10-11,14-17,21,27H,6-9,12-13H2,1-5H3,(H,26,28). The minimum Gasteiger partial charge on any atom is -0.497 e. The van der Waals surface area contributed by atoms with Crippen molar-refractivity contribution < 1.29 is 23.5 Å². The van der Waals surface area contributed by atoms with Crippen LogP contribution in [0.1, 0.15) is 58.9 Å². The van der Waals surface area contributed by atoms with Crippen LogP contribution in [-0.2, 0) is 20.7 Å². The number of carbonyl (C=O) groups excluding carboxylic acids is 2. The van der Waals surface area contributed by atoms with Gasteiger partial charge in [0.25, 0.3) is 0 Å². The lowest BCUT2D eigenvalue weighted by molar-refractivity contribution is -0.150. The molecule has 0 saturated carbocycles. The van der Waals surface area contributed by atoms with Gasteiger partial charge in [-0.3, -0.25) is 9.59 Å². The molecule has 0 aliphatic rings. The van der Waals surface area contributed by atoms with Gasteiger partial charge in [0.1, 0.15) is 17.4 Å². The van der Waals surface area contributed by atoms with Gasteiger partial charge in [-0.15, -0.1) is 0 Å². The van der Waals surface area contributed by atoms with Gasteiger partial charge in [0.05, 0.1) is 19.6 Å². The summed E-state index contributed by atoms with van der Waals surface area (Å²) in [5, 5.41) is 6.92. The van der Waals surface area contributed by atoms with Gasteiger partial charge in [-0.2, -0.15) is 0 Å². The maximum atomic E-state index is 12.4. The summed E-state index contributed by atoms with van der Waals surface area (Å²) in [4.78, 5) is 36.7. The third kappa shape index (κ3) is 8.53. The largest absolute Gasteiger partial charge is 0.497 e. The fourth-order valence-electron chi connectivity index (χ4n) is 3.47. The predicted molar refractivity (Wildman–Crippen MR) is 128 cm³/mol. The first-order chi connectivity index (χ1) is 15.7. The van der Waals surface area contributed by atoms with Gasteiger partial charge in [0.15, 0.2) is 0 Å². The third-order valence-electron chi connectivity index (χ3n) is 5.36. The predicted octanol–water partition coefficient (Wildman–Crippen LogP) is 3.34. The first-order valence-electron chi connectivity index (χ1n) is 11.6. The molecule has 0 aliphatic heterocycles. The van der Waals surface area contributed by atoms with Crippen molar-refractivity contribution in [3.8, 4) is 5.75 Å². The van der Waals surface area contributed by atoms with Crippen molar-refractivity contribution in [1.82, 2.24) is 10.6 Å². The Kier molecular flexibility index (Phi) is 10.4. The number of esters is 1. The van der Waals surface area contributed by atoms with Gasteiger partial charge in [0, 0.05) is 30.1 Å². The molecule has 0 fully saturated rings. The molecule has 2 rings (SSSR count). The number of ether oxygens (including phenoxy) is 2. The Morgan fingerprint density at radius 3 is 2.55 bits per heavy atom. The highest BCUT2D eigenvalue weighted by molar-refractivity contribution is 5.87. The number of unbranched alkanes of at least 4 members (excludes halogenated alkanes) is 1. The molecule has 1 aromatic heterocycles. The summed E-state index contributed by atoms with van der Waals surface area (Å²) in [7, 11) is 1.53. The summed E-state index contributed by atoms with van der Waals surface area (Å²) >= 11 is 0. The Morgan fingerprint density at radius 2 is 1.88 bits per heavy atom. The second-order valence-corrected chi connectivity index (χ2v) is 8.49. The van der Waals surface area contributed by atoms with Gasteiger partial charge in [-0.25, -0.2) is 4.79 Å². The summed E-state index contributed by atoms with van der Waals surface area (Å²) in [6.45, 7) is 8.27. The van der Waals surface area contributed by atoms with Crippen LogP contribution in [0, 0.1) is 0 Å². The SMILES string of the molecule is CCC(C)NC(CCCCNC(=O)Cc1cc(=O)oc2cc(OC)ccc12)C(=O)OC(C)C. The van der Waals surface area contributed by atoms with Gasteiger partial charge < -0.3 is 24.5 Å². The second kappa shape index (κ2) is 13.0. The zero-order chi connectivity index (χ0) is 24.4. The first kappa shape index (κ1) is 26.4. The lowest BCUT2D eigenvalue weighted by atomic mass is 10.1. The zero-order valence-electron chi connectivity index (χ0n) is 20.2. The Morgan fingerprint density at radius 1 is 1.12 bits per heavy atom. The van der Waals surface area contributed by atoms with E-state index in [1.54, 1.807) is 18.2 Å². The van der Waals surface area contributed by atoms with Crippen LogP contribution in [0.25, 0.3) is 11.0 Å². The van der Waals surface area contributed by atoms with Gasteiger partial charge >= 0.3 is 11.6 Å². The van der Waals surface area contributed by atoms with E-state index in [4.69, 9.17) is 13.9 Å². The zero-order valence-corrected chi connectivity index (χ0v) is 20.2. The molecule has 1 heterocycles. The van der Waals surface area contributed by atoms with Crippen molar-refractivity contribution in [2.75, 3.05) is 13.7 Å². The van der Waals surface area contributed by atoms with E-state index in [2.05, 4.69) is 17.6 Å². The van der Waals surface area contributed by atoms with Crippen molar-refractivity contribution in [2.45, 2.75) is 78.0 Å². The van der Waals surface area contributed by atoms with E-state index in [1.165, 1.54) is 13.2 Å². The van der Waals surface area contributed by atoms with Gasteiger partial charge in [-0.05, 0) is 64.2 Å². The molecule has 2 atom stereocenters. The first-order valence-corrected chi connectivity index (χ1v) is 11.6. The molecular weight excluding hydrogens is 424 g/mol. The fourth-order valence-corrected chi connectivity index (χ4v) is 3.47. The summed E-state index contributed by atoms with van der Waals surface area (Å²) in [6, 6.07) is 6.38. The number of benzene rings is 1. The molecule has 1 amide bonds. The molecule has 182 valence electrons. The van der Waals surface area contributed by atoms with Crippen LogP contribution >= 0.6 is 0 Å². The highest BCUT2D eigenvalue weighted by Gasteiger charge is 2.22. The summed E-state index contributed by atoms with van der Waals surface area (Å²) in [6.07, 6.45) is 2.97. The van der Waals surface area contributed by atoms with Crippen molar-refractivity contribution in [3.63, 3.8) is 0 Å². The van der Waals surface area contributed by atoms with Crippen LogP contribution < -0.4 is 21.0 Å². The van der Waals surface area contributed by atoms with E-state index in [-0.39, 0.29) is 36.5 Å². The number of hydrogen-bond donors (Lipinski definition) is 2. The van der Waals surface area contributed by atoms with Crippen LogP contribution in [-0.4, -0.2) is 43.7 Å². The average molecular weight is 461 g/mol. The molecule has 1 aromatic carbocycles. The summed E-state index contributed by atoms with van der Waals surface area (Å²) in [5.41, 5.74) is 0.486. The third-order valence-corrected chi connectivity index (χ3v) is 5.36. The molecule has 8 nitrogen and oxygen atoms in total. The Hall–Kier alpha value is -2.87. The molecule has 0 aliphatic carbocycles. The minimum absolute atomic E-state index is 0.0767. The van der Waals surface area contributed by atoms with Gasteiger partial charge in [0.2, 0.25) is 5.91 Å². The number of nitrogens with one attached hydrogen (secondary N) is 2. The van der Waals surface area contributed by atoms with E-state index < -0.39 is 5.63 Å². The molecule has 2 N–H and O–H groups in total. The number of amides is 1. The quantitative estimate of drug-likeness (QED) is 0.268. The van der Waals surface area contributed by atoms with Crippen LogP contribution in [0.4, 0.5) is 0 Å². The summed E-state index contributed by atoms with van der Waals surface area (Å²) in [5.74, 6) is 0.164. The number of carbonyl (C=O) groups is 2. The van der Waals surface area contributed by atoms with E-state index in [9.17, 15) is 14.4 Å². The van der Waals surface area contributed by atoms with Crippen molar-refractivity contribution in [2.24, 2.45) is 0 Å². The fraction of sp³-hybridized carbons (Fsp3) is 0.560. The van der Waals surface area contributed by atoms with Crippen molar-refractivity contribution in [1.29, 1.82) is 0 Å². The number of fused-ring (bicyclic) bond motifs is 1. The van der Waals surface area contributed by atoms with E-state index in [1.807, 2.05) is 20.8 Å². The number of hydrogen-bond acceptors (Lipinski definition) is 7. The lowest BCUT2D eigenvalue weighted by Crippen LogP contribution is -2.43. The monoisotopic (exact) mass is 460 g/mol. The lowest BCUT2D eigenvalue weighted by Gasteiger charge is -2.22. The smallest absolute Gasteiger partial charge is 0.336 e. The molecule has 0 bridgehead atoms. The van der Waals surface area contributed by atoms with Crippen LogP contribution in [0.2, 0.25) is 0 Å². The van der Waals surface area contributed by atoms with E-state index in [0.29, 0.717) is 35.2 Å². The topological polar surface area (TPSA) is 107 Å². The van der Waals surface area contributed by atoms with E-state index >= 15 is 0 Å². The van der Waals surface area contributed by atoms with Gasteiger partial charge in [-0.1, -0.05) is 6.92 Å². The van der Waals surface area contributed by atoms with Crippen molar-refractivity contribution in [3.05, 3.63) is 40.2 Å². The molecule has 2 aromatic rings. The van der Waals surface area contributed by atoms with Crippen LogP contribution in [0.15, 0.2) is 33.5 Å². The minimum atomic E-state index is -0.508. The van der Waals surface area contributed by atoms with Crippen LogP contribution in [0.5, 0.6) is 5.75 Å². The Balaban J connectivity index is 1.86. The molecule has 2 unspecified atom stereocenters. The van der Waals surface area contributed by atoms with E-state index in [0.717, 1.165) is 19.3 Å². The molecule has 0 spiro atoms. The maximum Gasteiger partial charge on any atom is 0.336 e. The highest BCUT2D eigenvalue weighted by atomic mass is 16.5. The summed E-state index contributed by atoms with van der Waals surface area (Å²) < 4.78 is 15.8. The Bertz CT molecular complexity index is 985. The highest BCUT2D eigenvalue weighted by Crippen LogP contribution is 2.22. The number of methoxy groups -OCH3 is 1. The van der Waals surface area contributed by atoms with Crippen molar-refractivity contribution >= 4 is 22.8 Å². The maximum absolute atomic E-state index is 12.4. The Labute approximate surface area is 195 Å².